The number of halogens is 3. The molecule has 1 saturated heterocycles. The number of amides is 4. The Morgan fingerprint density at radius 2 is 1.86 bits per heavy atom. The first kappa shape index (κ1) is 40.1. The molecule has 4 heterocycles. The van der Waals surface area contributed by atoms with Crippen LogP contribution in [0.1, 0.15) is 99.1 Å². The quantitative estimate of drug-likeness (QED) is 0.277. The van der Waals surface area contributed by atoms with E-state index >= 15 is 0 Å². The Morgan fingerprint density at radius 1 is 1.11 bits per heavy atom. The summed E-state index contributed by atoms with van der Waals surface area (Å²) in [6.07, 6.45) is 5.64. The fourth-order valence-electron chi connectivity index (χ4n) is 7.34. The van der Waals surface area contributed by atoms with Gasteiger partial charge in [-0.15, -0.1) is 0 Å². The van der Waals surface area contributed by atoms with E-state index in [9.17, 15) is 40.8 Å². The minimum atomic E-state index is -4.09. The summed E-state index contributed by atoms with van der Waals surface area (Å²) >= 11 is 0. The molecule has 3 fully saturated rings. The number of nitrogens with zero attached hydrogens (tertiary/aromatic N) is 4. The molecule has 2 aromatic heterocycles. The first-order valence-electron chi connectivity index (χ1n) is 18.9. The average molecular weight is 816 g/mol. The number of benzene rings is 1. The molecule has 5 atom stereocenters. The van der Waals surface area contributed by atoms with Gasteiger partial charge in [0.05, 0.1) is 22.3 Å². The number of allylic oxidation sites excluding steroid dienone is 1. The van der Waals surface area contributed by atoms with Gasteiger partial charge in [-0.2, -0.15) is 8.78 Å². The molecule has 7 rings (SSSR count). The van der Waals surface area contributed by atoms with Crippen molar-refractivity contribution in [2.45, 2.75) is 120 Å². The lowest BCUT2D eigenvalue weighted by molar-refractivity contribution is -0.141. The number of aromatic nitrogens is 3. The fraction of sp³-hybridized carbons (Fsp3) is 0.553. The maximum Gasteiger partial charge on any atom is 0.292 e. The Hall–Kier alpha value is -5.07. The van der Waals surface area contributed by atoms with Gasteiger partial charge in [0.25, 0.3) is 17.7 Å². The predicted octanol–water partition coefficient (Wildman–Crippen LogP) is 4.03. The van der Waals surface area contributed by atoms with Gasteiger partial charge in [0.2, 0.25) is 27.7 Å². The molecule has 0 spiro atoms. The summed E-state index contributed by atoms with van der Waals surface area (Å²) in [5.41, 5.74) is -2.16. The summed E-state index contributed by atoms with van der Waals surface area (Å²) in [4.78, 5) is 65.6. The normalized spacial score (nSPS) is 26.4. The lowest BCUT2D eigenvalue weighted by Gasteiger charge is -2.30. The van der Waals surface area contributed by atoms with E-state index in [4.69, 9.17) is 9.26 Å². The third-order valence-electron chi connectivity index (χ3n) is 11.4. The van der Waals surface area contributed by atoms with Crippen LogP contribution in [0.2, 0.25) is 0 Å². The molecular weight excluding hydrogens is 772 g/mol. The number of fused-ring (bicyclic) bond motifs is 3. The maximum atomic E-state index is 15.0. The highest BCUT2D eigenvalue weighted by Crippen LogP contribution is 2.47. The van der Waals surface area contributed by atoms with Gasteiger partial charge in [0, 0.05) is 30.9 Å². The molecule has 57 heavy (non-hydrogen) atoms. The van der Waals surface area contributed by atoms with Crippen LogP contribution in [0, 0.1) is 25.6 Å². The molecule has 0 bridgehead atoms. The Labute approximate surface area is 326 Å². The molecule has 3 aromatic rings. The van der Waals surface area contributed by atoms with Crippen LogP contribution in [-0.2, 0) is 30.3 Å². The predicted molar refractivity (Wildman–Crippen MR) is 197 cm³/mol. The zero-order chi connectivity index (χ0) is 41.1. The van der Waals surface area contributed by atoms with Crippen LogP contribution in [0.15, 0.2) is 34.9 Å². The van der Waals surface area contributed by atoms with Crippen LogP contribution in [0.25, 0.3) is 11.0 Å². The van der Waals surface area contributed by atoms with E-state index in [1.807, 2.05) is 6.08 Å². The number of ether oxygens (including phenoxy) is 1. The van der Waals surface area contributed by atoms with Crippen molar-refractivity contribution in [3.63, 3.8) is 0 Å². The molecule has 2 saturated carbocycles. The van der Waals surface area contributed by atoms with Gasteiger partial charge in [-0.05, 0) is 71.4 Å². The molecular formula is C38H44F3N7O8S. The number of alkyl halides is 2. The molecule has 3 N–H and O–H groups in total. The molecule has 2 aliphatic carbocycles. The van der Waals surface area contributed by atoms with Crippen molar-refractivity contribution in [2.24, 2.45) is 5.92 Å². The van der Waals surface area contributed by atoms with Crippen molar-refractivity contribution >= 4 is 44.7 Å². The van der Waals surface area contributed by atoms with E-state index in [0.29, 0.717) is 56.8 Å². The van der Waals surface area contributed by atoms with E-state index in [1.54, 1.807) is 19.9 Å². The van der Waals surface area contributed by atoms with Crippen molar-refractivity contribution in [2.75, 3.05) is 6.54 Å². The molecule has 2 aliphatic heterocycles. The number of aryl methyl sites for hydroxylation is 1. The molecule has 306 valence electrons. The number of nitrogens with one attached hydrogen (secondary N) is 3. The van der Waals surface area contributed by atoms with E-state index in [2.05, 4.69) is 30.5 Å². The van der Waals surface area contributed by atoms with Gasteiger partial charge in [-0.3, -0.25) is 23.9 Å². The van der Waals surface area contributed by atoms with Gasteiger partial charge in [-0.25, -0.2) is 22.8 Å². The van der Waals surface area contributed by atoms with Crippen molar-refractivity contribution in [1.82, 2.24) is 35.4 Å². The van der Waals surface area contributed by atoms with E-state index in [-0.39, 0.29) is 42.5 Å². The smallest absolute Gasteiger partial charge is 0.292 e. The second-order valence-electron chi connectivity index (χ2n) is 15.8. The largest absolute Gasteiger partial charge is 0.471 e. The topological polar surface area (TPSA) is 203 Å². The van der Waals surface area contributed by atoms with Crippen LogP contribution in [0.5, 0.6) is 5.88 Å². The third kappa shape index (κ3) is 7.94. The number of hydrogen-bond acceptors (Lipinski definition) is 11. The molecule has 4 aliphatic rings. The zero-order valence-corrected chi connectivity index (χ0v) is 32.7. The molecule has 0 radical (unpaired) electrons. The molecule has 19 heteroatoms. The van der Waals surface area contributed by atoms with Crippen LogP contribution < -0.4 is 20.1 Å². The summed E-state index contributed by atoms with van der Waals surface area (Å²) in [7, 11) is -4.09. The van der Waals surface area contributed by atoms with E-state index in [0.717, 1.165) is 17.0 Å². The Bertz CT molecular complexity index is 2270. The minimum Gasteiger partial charge on any atom is -0.471 e. The summed E-state index contributed by atoms with van der Waals surface area (Å²) in [5, 5.41) is 9.32. The fourth-order valence-corrected chi connectivity index (χ4v) is 8.65. The number of carbonyl (C=O) groups is 4. The lowest BCUT2D eigenvalue weighted by atomic mass is 10.0. The van der Waals surface area contributed by atoms with Crippen LogP contribution in [0.3, 0.4) is 0 Å². The van der Waals surface area contributed by atoms with Crippen LogP contribution in [0.4, 0.5) is 13.2 Å². The summed E-state index contributed by atoms with van der Waals surface area (Å²) < 4.78 is 82.6. The van der Waals surface area contributed by atoms with Crippen molar-refractivity contribution in [1.29, 1.82) is 0 Å². The number of sulfonamides is 1. The maximum absolute atomic E-state index is 15.0. The summed E-state index contributed by atoms with van der Waals surface area (Å²) in [6.45, 7) is 5.04. The minimum absolute atomic E-state index is 0.0145. The Kier molecular flexibility index (Phi) is 10.4. The number of hydrogen-bond donors (Lipinski definition) is 3. The second-order valence-corrected chi connectivity index (χ2v) is 18.0. The number of carbonyl (C=O) groups excluding carboxylic acids is 4. The van der Waals surface area contributed by atoms with E-state index < -0.39 is 91.4 Å². The van der Waals surface area contributed by atoms with Crippen LogP contribution >= 0.6 is 0 Å². The molecule has 4 amide bonds. The summed E-state index contributed by atoms with van der Waals surface area (Å²) in [6, 6.07) is 0.689. The highest BCUT2D eigenvalue weighted by Gasteiger charge is 2.63. The van der Waals surface area contributed by atoms with Crippen molar-refractivity contribution < 1.29 is 50.0 Å². The van der Waals surface area contributed by atoms with Gasteiger partial charge in [0.15, 0.2) is 11.4 Å². The zero-order valence-electron chi connectivity index (χ0n) is 31.9. The van der Waals surface area contributed by atoms with Crippen molar-refractivity contribution in [3.05, 3.63) is 58.9 Å². The second kappa shape index (κ2) is 14.7. The molecule has 15 nitrogen and oxygen atoms in total. The molecule has 1 aromatic carbocycles. The highest BCUT2D eigenvalue weighted by atomic mass is 32.2. The van der Waals surface area contributed by atoms with Crippen molar-refractivity contribution in [3.8, 4) is 5.88 Å². The summed E-state index contributed by atoms with van der Waals surface area (Å²) in [5.74, 6) is -8.17. The number of rotatable bonds is 8. The SMILES string of the molecule is Cc1onc(C(=O)NC2CCCCCC=CC3CC3(C(=O)NS(=O)(=O)C3(C)CC3)NC(=O)C3CC(Oc4nc5cc(F)ccc5nc4C(C)(F)F)CN3C2=O)c1C. The Morgan fingerprint density at radius 3 is 2.54 bits per heavy atom. The first-order valence-corrected chi connectivity index (χ1v) is 20.4. The lowest BCUT2D eigenvalue weighted by Crippen LogP contribution is -2.58. The van der Waals surface area contributed by atoms with Gasteiger partial charge in [-0.1, -0.05) is 30.2 Å². The third-order valence-corrected chi connectivity index (χ3v) is 13.6. The standard InChI is InChI=1S/C38H44F3N7O8S/c1-20-21(2)56-46-29(20)32(50)43-26-11-9-7-5-6-8-10-22-18-38(22,35(52)47-57(53,54)36(3)14-15-36)45-31(49)28-17-24(19-48(28)34(26)51)55-33-30(37(4,40)41)42-25-13-12-23(39)16-27(25)44-33/h8,10,12-13,16,22,24,26,28H,5-7,9,11,14-15,17-19H2,1-4H3,(H,43,50)(H,45,49)(H,47,52). The monoisotopic (exact) mass is 815 g/mol. The highest BCUT2D eigenvalue weighted by molar-refractivity contribution is 7.91. The van der Waals surface area contributed by atoms with Gasteiger partial charge >= 0.3 is 0 Å². The van der Waals surface area contributed by atoms with Gasteiger partial charge < -0.3 is 24.8 Å². The average Bonchev–Trinajstić information content (AvgIpc) is 3.97. The van der Waals surface area contributed by atoms with Crippen LogP contribution in [-0.4, -0.2) is 87.1 Å². The molecule has 5 unspecified atom stereocenters. The van der Waals surface area contributed by atoms with E-state index in [1.165, 1.54) is 13.0 Å². The first-order chi connectivity index (χ1) is 26.8. The Balaban J connectivity index is 1.23. The van der Waals surface area contributed by atoms with Gasteiger partial charge in [0.1, 0.15) is 35.3 Å².